The van der Waals surface area contributed by atoms with E-state index in [2.05, 4.69) is 15.2 Å². The van der Waals surface area contributed by atoms with Gasteiger partial charge in [-0.25, -0.2) is 0 Å². The van der Waals surface area contributed by atoms with Crippen molar-refractivity contribution >= 4 is 17.7 Å². The summed E-state index contributed by atoms with van der Waals surface area (Å²) in [4.78, 5) is 16.1. The molecule has 0 fully saturated rings. The Morgan fingerprint density at radius 2 is 1.87 bits per heavy atom. The smallest absolute Gasteiger partial charge is 0.429 e. The second kappa shape index (κ2) is 9.09. The highest BCUT2D eigenvalue weighted by Gasteiger charge is 2.44. The van der Waals surface area contributed by atoms with Gasteiger partial charge in [-0.2, -0.15) is 13.2 Å². The highest BCUT2D eigenvalue weighted by Crippen LogP contribution is 2.36. The largest absolute Gasteiger partial charge is 0.447 e. The minimum Gasteiger partial charge on any atom is -0.447 e. The maximum atomic E-state index is 13.5. The molecule has 0 N–H and O–H groups in total. The fourth-order valence-electron chi connectivity index (χ4n) is 2.92. The maximum Gasteiger partial charge on any atom is 0.429 e. The van der Waals surface area contributed by atoms with E-state index in [9.17, 15) is 18.0 Å². The van der Waals surface area contributed by atoms with Crippen molar-refractivity contribution in [1.82, 2.24) is 19.7 Å². The number of alkyl halides is 3. The topological polar surface area (TPSA) is 69.9 Å². The zero-order valence-corrected chi connectivity index (χ0v) is 18.2. The van der Waals surface area contributed by atoms with Crippen LogP contribution in [0.1, 0.15) is 34.3 Å². The number of nitrogens with zero attached hydrogens (tertiary/aromatic N) is 4. The monoisotopic (exact) mass is 450 g/mol. The maximum absolute atomic E-state index is 13.5. The molecule has 0 spiro atoms. The first kappa shape index (κ1) is 22.8. The summed E-state index contributed by atoms with van der Waals surface area (Å²) in [5.74, 6) is -0.765. The van der Waals surface area contributed by atoms with Crippen molar-refractivity contribution in [2.75, 3.05) is 5.75 Å². The van der Waals surface area contributed by atoms with Gasteiger partial charge in [-0.1, -0.05) is 30.0 Å². The van der Waals surface area contributed by atoms with Crippen LogP contribution in [0.3, 0.4) is 0 Å². The van der Waals surface area contributed by atoms with Gasteiger partial charge in [-0.15, -0.1) is 10.2 Å². The number of carbonyl (C=O) groups excluding carboxylic acids is 1. The second-order valence-electron chi connectivity index (χ2n) is 7.09. The van der Waals surface area contributed by atoms with Gasteiger partial charge in [0.15, 0.2) is 5.16 Å². The Morgan fingerprint density at radius 1 is 1.13 bits per heavy atom. The number of aryl methyl sites for hydroxylation is 4. The van der Waals surface area contributed by atoms with Crippen LogP contribution in [-0.4, -0.2) is 37.6 Å². The number of ether oxygens (including phenoxy) is 1. The molecule has 0 saturated carbocycles. The fourth-order valence-corrected chi connectivity index (χ4v) is 3.69. The average molecular weight is 450 g/mol. The first-order valence-corrected chi connectivity index (χ1v) is 10.4. The minimum absolute atomic E-state index is 0.231. The Labute approximate surface area is 181 Å². The summed E-state index contributed by atoms with van der Waals surface area (Å²) >= 11 is 0.967. The van der Waals surface area contributed by atoms with Gasteiger partial charge in [0, 0.05) is 17.5 Å². The second-order valence-corrected chi connectivity index (χ2v) is 8.03. The molecule has 31 heavy (non-hydrogen) atoms. The number of benzene rings is 1. The Kier molecular flexibility index (Phi) is 6.68. The van der Waals surface area contributed by atoms with Crippen LogP contribution < -0.4 is 0 Å². The van der Waals surface area contributed by atoms with Crippen molar-refractivity contribution in [3.05, 3.63) is 64.7 Å². The van der Waals surface area contributed by atoms with E-state index in [1.54, 1.807) is 18.4 Å². The zero-order chi connectivity index (χ0) is 22.8. The van der Waals surface area contributed by atoms with Gasteiger partial charge in [0.1, 0.15) is 5.82 Å². The molecule has 0 amide bonds. The molecule has 10 heteroatoms. The predicted molar refractivity (Wildman–Crippen MR) is 110 cm³/mol. The van der Waals surface area contributed by atoms with E-state index in [0.717, 1.165) is 34.8 Å². The Morgan fingerprint density at radius 3 is 2.52 bits per heavy atom. The van der Waals surface area contributed by atoms with Gasteiger partial charge in [0.2, 0.25) is 6.10 Å². The molecule has 2 heterocycles. The van der Waals surface area contributed by atoms with Gasteiger partial charge in [0.05, 0.1) is 11.4 Å². The van der Waals surface area contributed by atoms with E-state index in [-0.39, 0.29) is 11.3 Å². The van der Waals surface area contributed by atoms with E-state index >= 15 is 0 Å². The summed E-state index contributed by atoms with van der Waals surface area (Å²) < 4.78 is 46.9. The van der Waals surface area contributed by atoms with Gasteiger partial charge in [-0.05, 0) is 51.0 Å². The molecule has 0 bridgehead atoms. The van der Waals surface area contributed by atoms with Crippen molar-refractivity contribution < 1.29 is 22.7 Å². The van der Waals surface area contributed by atoms with Crippen molar-refractivity contribution in [3.8, 4) is 5.69 Å². The number of thioether (sulfide) groups is 1. The summed E-state index contributed by atoms with van der Waals surface area (Å²) in [6.45, 7) is 7.30. The molecule has 1 aromatic carbocycles. The highest BCUT2D eigenvalue weighted by molar-refractivity contribution is 7.99. The molecule has 3 aromatic rings. The third kappa shape index (κ3) is 5.43. The molecule has 164 valence electrons. The number of pyridine rings is 1. The van der Waals surface area contributed by atoms with Crippen molar-refractivity contribution in [1.29, 1.82) is 0 Å². The van der Waals surface area contributed by atoms with Crippen LogP contribution in [0.5, 0.6) is 0 Å². The lowest BCUT2D eigenvalue weighted by atomic mass is 10.1. The van der Waals surface area contributed by atoms with Crippen LogP contribution in [0.15, 0.2) is 41.7 Å². The first-order chi connectivity index (χ1) is 14.6. The Hall–Kier alpha value is -2.88. The van der Waals surface area contributed by atoms with Crippen LogP contribution in [0.25, 0.3) is 5.69 Å². The van der Waals surface area contributed by atoms with Crippen molar-refractivity contribution in [2.24, 2.45) is 0 Å². The number of aromatic nitrogens is 4. The van der Waals surface area contributed by atoms with Crippen molar-refractivity contribution in [3.63, 3.8) is 0 Å². The number of hydrogen-bond acceptors (Lipinski definition) is 6. The lowest BCUT2D eigenvalue weighted by molar-refractivity contribution is -0.222. The number of rotatable bonds is 6. The number of hydrogen-bond donors (Lipinski definition) is 0. The summed E-state index contributed by atoms with van der Waals surface area (Å²) in [5, 5.41) is 8.51. The van der Waals surface area contributed by atoms with Crippen LogP contribution in [0.2, 0.25) is 0 Å². The normalized spacial score (nSPS) is 12.6. The minimum atomic E-state index is -4.76. The van der Waals surface area contributed by atoms with E-state index < -0.39 is 18.2 Å². The lowest BCUT2D eigenvalue weighted by Crippen LogP contribution is -2.27. The summed E-state index contributed by atoms with van der Waals surface area (Å²) in [6, 6.07) is 8.57. The van der Waals surface area contributed by atoms with Crippen LogP contribution in [0, 0.1) is 27.7 Å². The third-order valence-electron chi connectivity index (χ3n) is 4.50. The summed E-state index contributed by atoms with van der Waals surface area (Å²) in [7, 11) is 0. The highest BCUT2D eigenvalue weighted by atomic mass is 32.2. The SMILES string of the molecule is Cc1ccc(C)c(-n2c(C)nnc2SCC(=O)OC(c2ccc(C)nc2)C(F)(F)F)c1. The first-order valence-electron chi connectivity index (χ1n) is 9.37. The third-order valence-corrected chi connectivity index (χ3v) is 5.41. The molecule has 6 nitrogen and oxygen atoms in total. The molecule has 2 aromatic heterocycles. The standard InChI is InChI=1S/C21H21F3N4O2S/c1-12-5-6-13(2)17(9-12)28-15(4)26-27-20(28)31-11-18(29)30-19(21(22,23)24)16-8-7-14(3)25-10-16/h5-10,19H,11H2,1-4H3. The van der Waals surface area contributed by atoms with Gasteiger partial charge in [0.25, 0.3) is 0 Å². The number of halogens is 3. The summed E-state index contributed by atoms with van der Waals surface area (Å²) in [6.07, 6.45) is -6.08. The van der Waals surface area contributed by atoms with Crippen LogP contribution >= 0.6 is 11.8 Å². The fraction of sp³-hybridized carbons (Fsp3) is 0.333. The molecular weight excluding hydrogens is 429 g/mol. The molecule has 3 rings (SSSR count). The van der Waals surface area contributed by atoms with Gasteiger partial charge in [-0.3, -0.25) is 14.3 Å². The number of carbonyl (C=O) groups is 1. The predicted octanol–water partition coefficient (Wildman–Crippen LogP) is 4.83. The zero-order valence-electron chi connectivity index (χ0n) is 17.4. The molecular formula is C21H21F3N4O2S. The van der Waals surface area contributed by atoms with Crippen LogP contribution in [-0.2, 0) is 9.53 Å². The average Bonchev–Trinajstić information content (AvgIpc) is 3.06. The van der Waals surface area contributed by atoms with E-state index in [1.165, 1.54) is 12.1 Å². The molecule has 0 radical (unpaired) electrons. The molecule has 0 aliphatic carbocycles. The molecule has 0 aliphatic rings. The van der Waals surface area contributed by atoms with E-state index in [1.807, 2.05) is 32.0 Å². The lowest BCUT2D eigenvalue weighted by Gasteiger charge is -2.20. The molecule has 0 saturated heterocycles. The number of esters is 1. The quantitative estimate of drug-likeness (QED) is 0.396. The molecule has 1 unspecified atom stereocenters. The van der Waals surface area contributed by atoms with Crippen molar-refractivity contribution in [2.45, 2.75) is 45.1 Å². The van der Waals surface area contributed by atoms with E-state index in [4.69, 9.17) is 4.74 Å². The van der Waals surface area contributed by atoms with Crippen LogP contribution in [0.4, 0.5) is 13.2 Å². The Balaban J connectivity index is 1.76. The summed E-state index contributed by atoms with van der Waals surface area (Å²) in [5.41, 5.74) is 3.18. The van der Waals surface area contributed by atoms with Gasteiger partial charge >= 0.3 is 12.1 Å². The molecule has 0 aliphatic heterocycles. The molecule has 1 atom stereocenters. The van der Waals surface area contributed by atoms with E-state index in [0.29, 0.717) is 16.7 Å². The van der Waals surface area contributed by atoms with Gasteiger partial charge < -0.3 is 4.74 Å². The Bertz CT molecular complexity index is 1080.